The molecule has 0 bridgehead atoms. The summed E-state index contributed by atoms with van der Waals surface area (Å²) in [5, 5.41) is 7.39. The summed E-state index contributed by atoms with van der Waals surface area (Å²) < 4.78 is 11.7. The van der Waals surface area contributed by atoms with E-state index >= 15 is 0 Å². The number of piperidine rings is 1. The van der Waals surface area contributed by atoms with Gasteiger partial charge in [0.15, 0.2) is 0 Å². The standard InChI is InChI=1S/C29H48ClN3O3/c1-31-21-27(19-23-11-5-4-6-12-23)32-28(34)33-17-10-14-25(22-33)29(36-3,16-7-8-18-35-2)24-13-9-15-26(30)20-24/h9,13,15,20,23,25,27,31H,4-8,10-12,14,16-19,21-22H2,1-3H3,(H,32,34)/t25-,27?,29?/m1/s1. The van der Waals surface area contributed by atoms with Crippen LogP contribution in [0.3, 0.4) is 0 Å². The van der Waals surface area contributed by atoms with Crippen LogP contribution in [-0.4, -0.2) is 64.5 Å². The second-order valence-electron chi connectivity index (χ2n) is 10.8. The lowest BCUT2D eigenvalue weighted by Gasteiger charge is -2.45. The number of carbonyl (C=O) groups excluding carboxylic acids is 1. The van der Waals surface area contributed by atoms with Crippen LogP contribution in [0.4, 0.5) is 4.79 Å². The number of ether oxygens (including phenoxy) is 2. The molecular weight excluding hydrogens is 474 g/mol. The molecule has 1 aromatic carbocycles. The summed E-state index contributed by atoms with van der Waals surface area (Å²) in [7, 11) is 5.52. The number of rotatable bonds is 13. The predicted octanol–water partition coefficient (Wildman–Crippen LogP) is 5.98. The number of halogens is 1. The fourth-order valence-electron chi connectivity index (χ4n) is 6.43. The molecule has 3 atom stereocenters. The molecule has 1 heterocycles. The van der Waals surface area contributed by atoms with Crippen molar-refractivity contribution in [2.75, 3.05) is 47.5 Å². The van der Waals surface area contributed by atoms with E-state index in [-0.39, 0.29) is 18.0 Å². The molecule has 1 aromatic rings. The number of hydrogen-bond donors (Lipinski definition) is 2. The number of amides is 2. The van der Waals surface area contributed by atoms with Gasteiger partial charge in [0.2, 0.25) is 0 Å². The Kier molecular flexibility index (Phi) is 12.3. The van der Waals surface area contributed by atoms with Gasteiger partial charge in [-0.25, -0.2) is 4.79 Å². The third-order valence-corrected chi connectivity index (χ3v) is 8.55. The number of methoxy groups -OCH3 is 2. The fourth-order valence-corrected chi connectivity index (χ4v) is 6.62. The molecule has 2 N–H and O–H groups in total. The van der Waals surface area contributed by atoms with Gasteiger partial charge in [0.1, 0.15) is 0 Å². The first-order valence-corrected chi connectivity index (χ1v) is 14.4. The Bertz CT molecular complexity index is 789. The number of benzene rings is 1. The maximum absolute atomic E-state index is 13.5. The van der Waals surface area contributed by atoms with Gasteiger partial charge in [-0.3, -0.25) is 0 Å². The van der Waals surface area contributed by atoms with Gasteiger partial charge in [-0.05, 0) is 69.2 Å². The zero-order valence-corrected chi connectivity index (χ0v) is 23.5. The van der Waals surface area contributed by atoms with Gasteiger partial charge in [0.25, 0.3) is 0 Å². The molecule has 2 unspecified atom stereocenters. The van der Waals surface area contributed by atoms with Crippen molar-refractivity contribution in [3.63, 3.8) is 0 Å². The Labute approximate surface area is 223 Å². The lowest BCUT2D eigenvalue weighted by Crippen LogP contribution is -2.54. The number of hydrogen-bond acceptors (Lipinski definition) is 4. The SMILES string of the molecule is CNCC(CC1CCCCC1)NC(=O)N1CCC[C@@H](C(CCCCOC)(OC)c2cccc(Cl)c2)C1. The van der Waals surface area contributed by atoms with Crippen molar-refractivity contribution >= 4 is 17.6 Å². The lowest BCUT2D eigenvalue weighted by molar-refractivity contribution is -0.0895. The topological polar surface area (TPSA) is 62.8 Å². The summed E-state index contributed by atoms with van der Waals surface area (Å²) in [5.41, 5.74) is 0.622. The summed E-state index contributed by atoms with van der Waals surface area (Å²) in [5.74, 6) is 0.923. The highest BCUT2D eigenvalue weighted by Crippen LogP contribution is 2.43. The number of likely N-dealkylation sites (tertiary alicyclic amines) is 1. The van der Waals surface area contributed by atoms with E-state index in [2.05, 4.69) is 16.7 Å². The van der Waals surface area contributed by atoms with Crippen LogP contribution >= 0.6 is 11.6 Å². The van der Waals surface area contributed by atoms with Crippen LogP contribution < -0.4 is 10.6 Å². The van der Waals surface area contributed by atoms with Crippen LogP contribution in [0.2, 0.25) is 5.02 Å². The molecule has 7 heteroatoms. The van der Waals surface area contributed by atoms with E-state index in [4.69, 9.17) is 21.1 Å². The molecule has 3 rings (SSSR count). The molecule has 204 valence electrons. The number of likely N-dealkylation sites (N-methyl/N-ethyl adjacent to an activating group) is 1. The van der Waals surface area contributed by atoms with Gasteiger partial charge in [-0.1, -0.05) is 55.8 Å². The average Bonchev–Trinajstić information content (AvgIpc) is 2.90. The highest BCUT2D eigenvalue weighted by molar-refractivity contribution is 6.30. The highest BCUT2D eigenvalue weighted by atomic mass is 35.5. The Morgan fingerprint density at radius 1 is 1.17 bits per heavy atom. The van der Waals surface area contributed by atoms with Gasteiger partial charge < -0.3 is 25.0 Å². The van der Waals surface area contributed by atoms with Gasteiger partial charge in [-0.15, -0.1) is 0 Å². The van der Waals surface area contributed by atoms with Crippen LogP contribution in [0.25, 0.3) is 0 Å². The van der Waals surface area contributed by atoms with Gasteiger partial charge in [0.05, 0.1) is 5.60 Å². The third-order valence-electron chi connectivity index (χ3n) is 8.31. The summed E-state index contributed by atoms with van der Waals surface area (Å²) in [6.45, 7) is 3.02. The summed E-state index contributed by atoms with van der Waals surface area (Å²) >= 11 is 6.42. The van der Waals surface area contributed by atoms with Crippen LogP contribution in [0, 0.1) is 11.8 Å². The van der Waals surface area contributed by atoms with Gasteiger partial charge >= 0.3 is 6.03 Å². The summed E-state index contributed by atoms with van der Waals surface area (Å²) in [6.07, 6.45) is 12.5. The third kappa shape index (κ3) is 8.08. The van der Waals surface area contributed by atoms with Crippen LogP contribution in [0.1, 0.15) is 76.2 Å². The van der Waals surface area contributed by atoms with E-state index in [0.29, 0.717) is 11.6 Å². The largest absolute Gasteiger partial charge is 0.385 e. The van der Waals surface area contributed by atoms with E-state index in [1.54, 1.807) is 7.11 Å². The number of nitrogens with zero attached hydrogens (tertiary/aromatic N) is 1. The molecule has 1 aliphatic heterocycles. The lowest BCUT2D eigenvalue weighted by atomic mass is 9.74. The molecule has 0 aromatic heterocycles. The summed E-state index contributed by atoms with van der Waals surface area (Å²) in [4.78, 5) is 15.5. The number of carbonyl (C=O) groups is 1. The Hall–Kier alpha value is -1.34. The quantitative estimate of drug-likeness (QED) is 0.313. The fraction of sp³-hybridized carbons (Fsp3) is 0.759. The Balaban J connectivity index is 1.72. The maximum atomic E-state index is 13.5. The molecule has 2 fully saturated rings. The molecule has 2 aliphatic rings. The highest BCUT2D eigenvalue weighted by Gasteiger charge is 2.43. The molecular formula is C29H48ClN3O3. The van der Waals surface area contributed by atoms with Gasteiger partial charge in [0, 0.05) is 57.4 Å². The van der Waals surface area contributed by atoms with E-state index in [1.807, 2.05) is 37.3 Å². The second kappa shape index (κ2) is 15.2. The number of urea groups is 1. The minimum absolute atomic E-state index is 0.0613. The molecule has 36 heavy (non-hydrogen) atoms. The van der Waals surface area contributed by atoms with Crippen molar-refractivity contribution in [1.29, 1.82) is 0 Å². The first kappa shape index (κ1) is 29.2. The van der Waals surface area contributed by atoms with Gasteiger partial charge in [-0.2, -0.15) is 0 Å². The Morgan fingerprint density at radius 3 is 2.67 bits per heavy atom. The first-order chi connectivity index (χ1) is 17.5. The molecule has 1 aliphatic carbocycles. The molecule has 6 nitrogen and oxygen atoms in total. The van der Waals surface area contributed by atoms with Crippen molar-refractivity contribution in [3.8, 4) is 0 Å². The predicted molar refractivity (Wildman–Crippen MR) is 148 cm³/mol. The van der Waals surface area contributed by atoms with Crippen LogP contribution in [-0.2, 0) is 15.1 Å². The van der Waals surface area contributed by atoms with E-state index in [0.717, 1.165) is 69.7 Å². The maximum Gasteiger partial charge on any atom is 0.317 e. The second-order valence-corrected chi connectivity index (χ2v) is 11.2. The van der Waals surface area contributed by atoms with Crippen molar-refractivity contribution in [1.82, 2.24) is 15.5 Å². The average molecular weight is 522 g/mol. The smallest absolute Gasteiger partial charge is 0.317 e. The van der Waals surface area contributed by atoms with Crippen molar-refractivity contribution in [3.05, 3.63) is 34.9 Å². The first-order valence-electron chi connectivity index (χ1n) is 14.0. The van der Waals surface area contributed by atoms with Crippen LogP contribution in [0.15, 0.2) is 24.3 Å². The zero-order chi connectivity index (χ0) is 25.8. The molecule has 0 radical (unpaired) electrons. The van der Waals surface area contributed by atoms with Crippen LogP contribution in [0.5, 0.6) is 0 Å². The summed E-state index contributed by atoms with van der Waals surface area (Å²) in [6, 6.07) is 8.30. The minimum atomic E-state index is -0.482. The molecule has 1 saturated heterocycles. The zero-order valence-electron chi connectivity index (χ0n) is 22.7. The molecule has 0 spiro atoms. The molecule has 1 saturated carbocycles. The van der Waals surface area contributed by atoms with E-state index in [9.17, 15) is 4.79 Å². The number of unbranched alkanes of at least 4 members (excludes halogenated alkanes) is 1. The van der Waals surface area contributed by atoms with Crippen molar-refractivity contribution < 1.29 is 14.3 Å². The van der Waals surface area contributed by atoms with E-state index < -0.39 is 5.60 Å². The Morgan fingerprint density at radius 2 is 1.97 bits per heavy atom. The minimum Gasteiger partial charge on any atom is -0.385 e. The monoisotopic (exact) mass is 521 g/mol. The normalized spacial score (nSPS) is 21.7. The van der Waals surface area contributed by atoms with Crippen molar-refractivity contribution in [2.24, 2.45) is 11.8 Å². The molecule has 2 amide bonds. The van der Waals surface area contributed by atoms with Crippen molar-refractivity contribution in [2.45, 2.75) is 82.3 Å². The van der Waals surface area contributed by atoms with E-state index in [1.165, 1.54) is 32.1 Å². The number of nitrogens with one attached hydrogen (secondary N) is 2.